The molecule has 0 N–H and O–H groups in total. The van der Waals surface area contributed by atoms with E-state index in [2.05, 4.69) is 30.9 Å². The van der Waals surface area contributed by atoms with Crippen LogP contribution in [0.5, 0.6) is 17.2 Å². The number of ether oxygens (including phenoxy) is 3. The van der Waals surface area contributed by atoms with E-state index in [0.29, 0.717) is 36.9 Å². The second-order valence-electron chi connectivity index (χ2n) is 8.96. The zero-order valence-electron chi connectivity index (χ0n) is 21.0. The van der Waals surface area contributed by atoms with Crippen LogP contribution in [0.1, 0.15) is 41.3 Å². The van der Waals surface area contributed by atoms with E-state index in [0.717, 1.165) is 41.4 Å². The number of rotatable bonds is 8. The van der Waals surface area contributed by atoms with E-state index in [1.165, 1.54) is 0 Å². The summed E-state index contributed by atoms with van der Waals surface area (Å²) in [5, 5.41) is 0. The highest BCUT2D eigenvalue weighted by atomic mass is 16.5. The lowest BCUT2D eigenvalue weighted by atomic mass is 10.0. The summed E-state index contributed by atoms with van der Waals surface area (Å²) < 4.78 is 17.2. The average Bonchev–Trinajstić information content (AvgIpc) is 2.91. The van der Waals surface area contributed by atoms with Crippen LogP contribution in [0.3, 0.4) is 0 Å². The van der Waals surface area contributed by atoms with Gasteiger partial charge in [0.15, 0.2) is 0 Å². The van der Waals surface area contributed by atoms with Gasteiger partial charge in [-0.05, 0) is 47.9 Å². The van der Waals surface area contributed by atoms with E-state index in [4.69, 9.17) is 14.2 Å². The van der Waals surface area contributed by atoms with Gasteiger partial charge in [-0.25, -0.2) is 0 Å². The first-order valence-corrected chi connectivity index (χ1v) is 12.1. The molecule has 1 aliphatic heterocycles. The van der Waals surface area contributed by atoms with Crippen LogP contribution in [0.25, 0.3) is 0 Å². The second-order valence-corrected chi connectivity index (χ2v) is 8.96. The highest BCUT2D eigenvalue weighted by Crippen LogP contribution is 2.30. The highest BCUT2D eigenvalue weighted by Gasteiger charge is 2.24. The van der Waals surface area contributed by atoms with Crippen molar-refractivity contribution in [2.45, 2.75) is 26.4 Å². The van der Waals surface area contributed by atoms with E-state index in [1.54, 1.807) is 14.2 Å². The van der Waals surface area contributed by atoms with Gasteiger partial charge in [-0.3, -0.25) is 4.79 Å². The first-order chi connectivity index (χ1) is 17.0. The van der Waals surface area contributed by atoms with Gasteiger partial charge in [0, 0.05) is 37.3 Å². The maximum Gasteiger partial charge on any atom is 0.253 e. The lowest BCUT2D eigenvalue weighted by molar-refractivity contribution is 0.0746. The number of piperazine rings is 1. The first kappa shape index (κ1) is 24.5. The number of carbonyl (C=O) groups is 1. The third-order valence-electron chi connectivity index (χ3n) is 6.44. The standard InChI is InChI=1S/C29H34N2O4/c1-21(2)24-9-5-7-11-27(24)35-20-23-19-22(13-14-26(23)33-3)29(32)31-17-15-30(16-18-31)25-10-6-8-12-28(25)34-4/h5-14,19,21H,15-18,20H2,1-4H3. The van der Waals surface area contributed by atoms with Crippen molar-refractivity contribution >= 4 is 11.6 Å². The van der Waals surface area contributed by atoms with Crippen LogP contribution in [0, 0.1) is 0 Å². The molecule has 184 valence electrons. The molecular formula is C29H34N2O4. The van der Waals surface area contributed by atoms with Gasteiger partial charge in [-0.15, -0.1) is 0 Å². The normalized spacial score (nSPS) is 13.6. The Balaban J connectivity index is 1.45. The van der Waals surface area contributed by atoms with Gasteiger partial charge in [0.05, 0.1) is 19.9 Å². The van der Waals surface area contributed by atoms with Crippen molar-refractivity contribution in [2.24, 2.45) is 0 Å². The van der Waals surface area contributed by atoms with E-state index < -0.39 is 0 Å². The fraction of sp³-hybridized carbons (Fsp3) is 0.345. The highest BCUT2D eigenvalue weighted by molar-refractivity contribution is 5.94. The quantitative estimate of drug-likeness (QED) is 0.439. The van der Waals surface area contributed by atoms with Gasteiger partial charge in [-0.1, -0.05) is 44.2 Å². The minimum Gasteiger partial charge on any atom is -0.496 e. The van der Waals surface area contributed by atoms with Crippen molar-refractivity contribution in [3.63, 3.8) is 0 Å². The molecule has 35 heavy (non-hydrogen) atoms. The molecule has 0 spiro atoms. The monoisotopic (exact) mass is 474 g/mol. The van der Waals surface area contributed by atoms with Gasteiger partial charge in [0.2, 0.25) is 0 Å². The Bertz CT molecular complexity index is 1150. The number of amides is 1. The lowest BCUT2D eigenvalue weighted by Crippen LogP contribution is -2.48. The third-order valence-corrected chi connectivity index (χ3v) is 6.44. The minimum absolute atomic E-state index is 0.0242. The molecule has 1 aliphatic rings. The van der Waals surface area contributed by atoms with Gasteiger partial charge < -0.3 is 24.0 Å². The molecule has 0 bridgehead atoms. The van der Waals surface area contributed by atoms with Crippen molar-refractivity contribution < 1.29 is 19.0 Å². The number of para-hydroxylation sites is 3. The summed E-state index contributed by atoms with van der Waals surface area (Å²) in [6.07, 6.45) is 0. The number of methoxy groups -OCH3 is 2. The topological polar surface area (TPSA) is 51.2 Å². The minimum atomic E-state index is 0.0242. The van der Waals surface area contributed by atoms with Crippen LogP contribution in [-0.2, 0) is 6.61 Å². The number of anilines is 1. The van der Waals surface area contributed by atoms with Crippen molar-refractivity contribution in [1.29, 1.82) is 0 Å². The summed E-state index contributed by atoms with van der Waals surface area (Å²) >= 11 is 0. The number of hydrogen-bond donors (Lipinski definition) is 0. The largest absolute Gasteiger partial charge is 0.496 e. The summed E-state index contributed by atoms with van der Waals surface area (Å²) in [5.74, 6) is 2.80. The predicted molar refractivity (Wildman–Crippen MR) is 139 cm³/mol. The van der Waals surface area contributed by atoms with Crippen molar-refractivity contribution in [1.82, 2.24) is 4.90 Å². The Morgan fingerprint density at radius 1 is 0.829 bits per heavy atom. The average molecular weight is 475 g/mol. The van der Waals surface area contributed by atoms with Gasteiger partial charge in [-0.2, -0.15) is 0 Å². The van der Waals surface area contributed by atoms with Crippen molar-refractivity contribution in [3.05, 3.63) is 83.4 Å². The summed E-state index contributed by atoms with van der Waals surface area (Å²) in [7, 11) is 3.32. The molecule has 1 amide bonds. The number of hydrogen-bond acceptors (Lipinski definition) is 5. The van der Waals surface area contributed by atoms with Crippen LogP contribution in [0.2, 0.25) is 0 Å². The fourth-order valence-corrected chi connectivity index (χ4v) is 4.49. The fourth-order valence-electron chi connectivity index (χ4n) is 4.49. The summed E-state index contributed by atoms with van der Waals surface area (Å²) in [4.78, 5) is 17.5. The number of carbonyl (C=O) groups excluding carboxylic acids is 1. The third kappa shape index (κ3) is 5.53. The van der Waals surface area contributed by atoms with Crippen molar-refractivity contribution in [2.75, 3.05) is 45.3 Å². The molecule has 6 nitrogen and oxygen atoms in total. The molecule has 1 saturated heterocycles. The smallest absolute Gasteiger partial charge is 0.253 e. The molecule has 0 unspecified atom stereocenters. The second kappa shape index (κ2) is 11.2. The summed E-state index contributed by atoms with van der Waals surface area (Å²) in [6.45, 7) is 7.43. The van der Waals surface area contributed by atoms with Crippen LogP contribution in [0.4, 0.5) is 5.69 Å². The maximum atomic E-state index is 13.3. The van der Waals surface area contributed by atoms with Gasteiger partial charge in [0.1, 0.15) is 23.9 Å². The van der Waals surface area contributed by atoms with Gasteiger partial charge in [0.25, 0.3) is 5.91 Å². The number of nitrogens with zero attached hydrogens (tertiary/aromatic N) is 2. The molecule has 0 saturated carbocycles. The van der Waals surface area contributed by atoms with Crippen molar-refractivity contribution in [3.8, 4) is 17.2 Å². The molecule has 1 heterocycles. The molecule has 4 rings (SSSR count). The Hall–Kier alpha value is -3.67. The first-order valence-electron chi connectivity index (χ1n) is 12.1. The molecular weight excluding hydrogens is 440 g/mol. The Morgan fingerprint density at radius 3 is 2.17 bits per heavy atom. The van der Waals surface area contributed by atoms with Crippen LogP contribution < -0.4 is 19.1 Å². The zero-order valence-corrected chi connectivity index (χ0v) is 21.0. The van der Waals surface area contributed by atoms with E-state index >= 15 is 0 Å². The predicted octanol–water partition coefficient (Wildman–Crippen LogP) is 5.37. The Labute approximate surface area is 208 Å². The summed E-state index contributed by atoms with van der Waals surface area (Å²) in [6, 6.07) is 21.6. The van der Waals surface area contributed by atoms with Crippen LogP contribution >= 0.6 is 0 Å². The van der Waals surface area contributed by atoms with E-state index in [9.17, 15) is 4.79 Å². The molecule has 6 heteroatoms. The number of benzene rings is 3. The molecule has 3 aromatic carbocycles. The maximum absolute atomic E-state index is 13.3. The van der Waals surface area contributed by atoms with Crippen LogP contribution in [0.15, 0.2) is 66.7 Å². The molecule has 1 fully saturated rings. The zero-order chi connectivity index (χ0) is 24.8. The van der Waals surface area contributed by atoms with Crippen LogP contribution in [-0.4, -0.2) is 51.2 Å². The van der Waals surface area contributed by atoms with E-state index in [1.807, 2.05) is 59.5 Å². The Morgan fingerprint density at radius 2 is 1.49 bits per heavy atom. The molecule has 3 aromatic rings. The molecule has 0 atom stereocenters. The molecule has 0 radical (unpaired) electrons. The SMILES string of the molecule is COc1ccc(C(=O)N2CCN(c3ccccc3OC)CC2)cc1COc1ccccc1C(C)C. The Kier molecular flexibility index (Phi) is 7.80. The van der Waals surface area contributed by atoms with Gasteiger partial charge >= 0.3 is 0 Å². The molecule has 0 aliphatic carbocycles. The molecule has 0 aromatic heterocycles. The van der Waals surface area contributed by atoms with E-state index in [-0.39, 0.29) is 5.91 Å². The summed E-state index contributed by atoms with van der Waals surface area (Å²) in [5.41, 5.74) is 3.72. The lowest BCUT2D eigenvalue weighted by Gasteiger charge is -2.36.